The van der Waals surface area contributed by atoms with Gasteiger partial charge in [-0.2, -0.15) is 8.42 Å². The minimum absolute atomic E-state index is 0.314. The van der Waals surface area contributed by atoms with Gasteiger partial charge in [-0.15, -0.1) is 26.3 Å². The first-order valence-corrected chi connectivity index (χ1v) is 6.81. The summed E-state index contributed by atoms with van der Waals surface area (Å²) in [7, 11) is -5.49. The molecule has 0 aliphatic heterocycles. The Balaban J connectivity index is 4.63. The summed E-state index contributed by atoms with van der Waals surface area (Å²) in [6.45, 7) is 0. The maximum atomic E-state index is 11.6. The highest BCUT2D eigenvalue weighted by Gasteiger charge is 2.52. The van der Waals surface area contributed by atoms with E-state index in [1.165, 1.54) is 0 Å². The molecule has 2 atom stereocenters. The zero-order valence-electron chi connectivity index (χ0n) is 7.13. The third kappa shape index (κ3) is 6.53. The summed E-state index contributed by atoms with van der Waals surface area (Å²) in [6, 6.07) is 0. The van der Waals surface area contributed by atoms with Crippen LogP contribution < -0.4 is 8.25 Å². The molecule has 0 spiro atoms. The highest BCUT2D eigenvalue weighted by atomic mass is 32.3. The van der Waals surface area contributed by atoms with Crippen LogP contribution in [0.4, 0.5) is 26.3 Å². The van der Waals surface area contributed by atoms with Crippen LogP contribution in [0.1, 0.15) is 0 Å². The van der Waals surface area contributed by atoms with Crippen LogP contribution in [0.3, 0.4) is 0 Å². The molecule has 0 aromatic carbocycles. The van der Waals surface area contributed by atoms with Crippen LogP contribution in [-0.2, 0) is 32.9 Å². The van der Waals surface area contributed by atoms with Crippen LogP contribution in [0.15, 0.2) is 0 Å². The van der Waals surface area contributed by atoms with E-state index in [4.69, 9.17) is 0 Å². The largest absolute Gasteiger partial charge is 0.593 e. The van der Waals surface area contributed by atoms with Crippen molar-refractivity contribution in [2.75, 3.05) is 0 Å². The Morgan fingerprint density at radius 2 is 1.06 bits per heavy atom. The molecule has 0 radical (unpaired) electrons. The molecule has 17 heavy (non-hydrogen) atoms. The first kappa shape index (κ1) is 17.1. The lowest BCUT2D eigenvalue weighted by atomic mass is 11.6. The van der Waals surface area contributed by atoms with Gasteiger partial charge in [0.1, 0.15) is 0 Å². The molecule has 0 fully saturated rings. The highest BCUT2D eigenvalue weighted by molar-refractivity contribution is 8.10. The molecule has 2 N–H and O–H groups in total. The van der Waals surface area contributed by atoms with E-state index in [1.54, 1.807) is 0 Å². The predicted molar refractivity (Wildman–Crippen MR) is 43.6 cm³/mol. The van der Waals surface area contributed by atoms with Crippen LogP contribution in [0, 0.1) is 0 Å². The summed E-state index contributed by atoms with van der Waals surface area (Å²) >= 11 is -8.30. The van der Waals surface area contributed by atoms with Gasteiger partial charge in [-0.05, 0) is 8.25 Å². The zero-order chi connectivity index (χ0) is 14.1. The van der Waals surface area contributed by atoms with Gasteiger partial charge in [0, 0.05) is 0 Å². The number of hydrogen-bond donors (Lipinski definition) is 2. The van der Waals surface area contributed by atoms with E-state index in [1.807, 2.05) is 0 Å². The number of halogens is 6. The molecule has 0 amide bonds. The molecule has 0 saturated heterocycles. The summed E-state index contributed by atoms with van der Waals surface area (Å²) in [4.78, 5) is 0. The molecule has 0 aliphatic carbocycles. The van der Waals surface area contributed by atoms with Gasteiger partial charge in [-0.25, -0.2) is 0 Å². The lowest BCUT2D eigenvalue weighted by Crippen LogP contribution is -2.50. The molecule has 15 heteroatoms. The van der Waals surface area contributed by atoms with Gasteiger partial charge >= 0.3 is 21.2 Å². The van der Waals surface area contributed by atoms with Gasteiger partial charge in [-0.3, -0.25) is 0 Å². The third-order valence-electron chi connectivity index (χ3n) is 0.791. The van der Waals surface area contributed by atoms with E-state index in [9.17, 15) is 43.9 Å². The molecular formula is C2H2F6N2O4S3. The summed E-state index contributed by atoms with van der Waals surface area (Å²) in [5, 5.41) is 0. The molecule has 0 saturated carbocycles. The Labute approximate surface area is 96.6 Å². The average molecular weight is 328 g/mol. The van der Waals surface area contributed by atoms with E-state index >= 15 is 0 Å². The van der Waals surface area contributed by atoms with E-state index in [-0.39, 0.29) is 0 Å². The van der Waals surface area contributed by atoms with Crippen LogP contribution in [0.2, 0.25) is 0 Å². The van der Waals surface area contributed by atoms with Gasteiger partial charge in [0.15, 0.2) is 22.7 Å². The molecule has 0 bridgehead atoms. The van der Waals surface area contributed by atoms with E-state index in [2.05, 4.69) is 0 Å². The predicted octanol–water partition coefficient (Wildman–Crippen LogP) is -0.223. The summed E-state index contributed by atoms with van der Waals surface area (Å²) in [5.74, 6) is 0. The monoisotopic (exact) mass is 328 g/mol. The van der Waals surface area contributed by atoms with Crippen LogP contribution in [0.25, 0.3) is 0 Å². The SMILES string of the molecule is O=S(=O)(N[S+]([O-])C(F)(F)F)N[S+]([O-])C(F)(F)F. The van der Waals surface area contributed by atoms with Crippen molar-refractivity contribution in [3.8, 4) is 0 Å². The fourth-order valence-corrected chi connectivity index (χ4v) is 3.10. The molecule has 0 heterocycles. The normalized spacial score (nSPS) is 17.9. The lowest BCUT2D eigenvalue weighted by Gasteiger charge is -2.15. The van der Waals surface area contributed by atoms with Crippen molar-refractivity contribution in [1.29, 1.82) is 0 Å². The Morgan fingerprint density at radius 1 is 0.824 bits per heavy atom. The molecule has 0 aromatic heterocycles. The molecule has 0 aromatic rings. The summed E-state index contributed by atoms with van der Waals surface area (Å²) < 4.78 is 112. The number of alkyl halides is 6. The van der Waals surface area contributed by atoms with Crippen molar-refractivity contribution >= 4 is 32.9 Å². The van der Waals surface area contributed by atoms with E-state index in [0.717, 1.165) is 0 Å². The first-order valence-electron chi connectivity index (χ1n) is 3.03. The Kier molecular flexibility index (Phi) is 5.39. The van der Waals surface area contributed by atoms with Crippen molar-refractivity contribution in [3.05, 3.63) is 0 Å². The fourth-order valence-electron chi connectivity index (χ4n) is 0.311. The second kappa shape index (κ2) is 5.37. The molecule has 0 rings (SSSR count). The van der Waals surface area contributed by atoms with Gasteiger partial charge in [0.2, 0.25) is 0 Å². The number of hydrogen-bond acceptors (Lipinski definition) is 4. The number of nitrogens with one attached hydrogen (secondary N) is 2. The van der Waals surface area contributed by atoms with Crippen molar-refractivity contribution in [1.82, 2.24) is 8.25 Å². The maximum Gasteiger partial charge on any atom is 0.593 e. The van der Waals surface area contributed by atoms with Gasteiger partial charge in [0.25, 0.3) is 0 Å². The van der Waals surface area contributed by atoms with E-state index < -0.39 is 43.9 Å². The van der Waals surface area contributed by atoms with Crippen molar-refractivity contribution < 1.29 is 43.9 Å². The minimum Gasteiger partial charge on any atom is -0.590 e. The second-order valence-corrected chi connectivity index (χ2v) is 6.44. The Morgan fingerprint density at radius 3 is 1.24 bits per heavy atom. The van der Waals surface area contributed by atoms with Crippen molar-refractivity contribution in [2.45, 2.75) is 11.0 Å². The highest BCUT2D eigenvalue weighted by Crippen LogP contribution is 2.24. The van der Waals surface area contributed by atoms with Crippen molar-refractivity contribution in [2.24, 2.45) is 0 Å². The topological polar surface area (TPSA) is 104 Å². The average Bonchev–Trinajstić information content (AvgIpc) is 1.97. The first-order chi connectivity index (χ1) is 7.26. The molecule has 6 nitrogen and oxygen atoms in total. The van der Waals surface area contributed by atoms with Crippen LogP contribution in [-0.4, -0.2) is 28.5 Å². The van der Waals surface area contributed by atoms with Crippen LogP contribution >= 0.6 is 0 Å². The van der Waals surface area contributed by atoms with Gasteiger partial charge < -0.3 is 9.11 Å². The minimum atomic E-state index is -5.51. The third-order valence-corrected chi connectivity index (χ3v) is 4.60. The summed E-state index contributed by atoms with van der Waals surface area (Å²) in [5.41, 5.74) is -11.0. The van der Waals surface area contributed by atoms with Crippen LogP contribution in [0.5, 0.6) is 0 Å². The molecular weight excluding hydrogens is 326 g/mol. The lowest BCUT2D eigenvalue weighted by molar-refractivity contribution is -0.0443. The van der Waals surface area contributed by atoms with Gasteiger partial charge in [-0.1, -0.05) is 0 Å². The van der Waals surface area contributed by atoms with Gasteiger partial charge in [0.05, 0.1) is 0 Å². The standard InChI is InChI=1S/C2H2F6N2O4S3/c3-1(4,5)15(11)9-17(13,14)10-16(12)2(6,7)8/h9-10H. The molecule has 0 aliphatic rings. The summed E-state index contributed by atoms with van der Waals surface area (Å²) in [6.07, 6.45) is 0. The van der Waals surface area contributed by atoms with E-state index in [0.29, 0.717) is 8.25 Å². The zero-order valence-corrected chi connectivity index (χ0v) is 9.58. The number of rotatable bonds is 4. The molecule has 104 valence electrons. The second-order valence-electron chi connectivity index (χ2n) is 2.10. The van der Waals surface area contributed by atoms with Crippen molar-refractivity contribution in [3.63, 3.8) is 0 Å². The fraction of sp³-hybridized carbons (Fsp3) is 1.00. The quantitative estimate of drug-likeness (QED) is 0.550. The Bertz CT molecular complexity index is 323. The Hall–Kier alpha value is 0.0700. The maximum absolute atomic E-state index is 11.6. The molecule has 2 unspecified atom stereocenters. The smallest absolute Gasteiger partial charge is 0.590 e.